The fraction of sp³-hybridized carbons (Fsp3) is 1.00. The number of nitrogens with zero attached hydrogens (tertiary/aromatic N) is 1. The minimum atomic E-state index is 0.734. The van der Waals surface area contributed by atoms with Crippen LogP contribution in [0.4, 0.5) is 0 Å². The molecule has 0 bridgehead atoms. The van der Waals surface area contributed by atoms with Crippen LogP contribution < -0.4 is 5.32 Å². The Kier molecular flexibility index (Phi) is 5.50. The van der Waals surface area contributed by atoms with Crippen LogP contribution in [0.15, 0.2) is 0 Å². The van der Waals surface area contributed by atoms with Gasteiger partial charge in [-0.25, -0.2) is 0 Å². The summed E-state index contributed by atoms with van der Waals surface area (Å²) in [6, 6.07) is 1.61. The second-order valence-electron chi connectivity index (χ2n) is 6.97. The molecule has 0 aromatic rings. The second kappa shape index (κ2) is 6.91. The molecule has 1 aliphatic heterocycles. The first kappa shape index (κ1) is 14.3. The van der Waals surface area contributed by atoms with E-state index in [0.717, 1.165) is 23.9 Å². The molecule has 1 saturated heterocycles. The summed E-state index contributed by atoms with van der Waals surface area (Å²) in [5, 5.41) is 3.75. The van der Waals surface area contributed by atoms with Gasteiger partial charge in [0.25, 0.3) is 0 Å². The van der Waals surface area contributed by atoms with Crippen LogP contribution in [0.3, 0.4) is 0 Å². The maximum absolute atomic E-state index is 3.75. The van der Waals surface area contributed by atoms with Gasteiger partial charge in [-0.1, -0.05) is 33.6 Å². The minimum Gasteiger partial charge on any atom is -0.312 e. The first-order chi connectivity index (χ1) is 8.66. The molecule has 18 heavy (non-hydrogen) atoms. The molecule has 0 radical (unpaired) electrons. The van der Waals surface area contributed by atoms with Gasteiger partial charge in [0.15, 0.2) is 0 Å². The van der Waals surface area contributed by atoms with Crippen molar-refractivity contribution in [3.05, 3.63) is 0 Å². The van der Waals surface area contributed by atoms with E-state index in [0.29, 0.717) is 0 Å². The lowest BCUT2D eigenvalue weighted by atomic mass is 9.91. The minimum absolute atomic E-state index is 0.734. The van der Waals surface area contributed by atoms with Gasteiger partial charge in [-0.3, -0.25) is 4.90 Å². The van der Waals surface area contributed by atoms with Gasteiger partial charge in [-0.05, 0) is 44.1 Å². The van der Waals surface area contributed by atoms with E-state index in [9.17, 15) is 0 Å². The molecule has 2 heteroatoms. The van der Waals surface area contributed by atoms with Crippen molar-refractivity contribution in [2.45, 2.75) is 71.4 Å². The van der Waals surface area contributed by atoms with Gasteiger partial charge < -0.3 is 5.32 Å². The summed E-state index contributed by atoms with van der Waals surface area (Å²) in [4.78, 5) is 2.80. The summed E-state index contributed by atoms with van der Waals surface area (Å²) in [5.74, 6) is 1.65. The van der Waals surface area contributed by atoms with E-state index >= 15 is 0 Å². The number of hydrogen-bond donors (Lipinski definition) is 1. The lowest BCUT2D eigenvalue weighted by Crippen LogP contribution is -2.50. The predicted octanol–water partition coefficient (Wildman–Crippen LogP) is 3.28. The van der Waals surface area contributed by atoms with Gasteiger partial charge in [0.05, 0.1) is 0 Å². The molecular formula is C16H32N2. The van der Waals surface area contributed by atoms with E-state index in [2.05, 4.69) is 31.0 Å². The molecule has 1 aliphatic carbocycles. The quantitative estimate of drug-likeness (QED) is 0.808. The van der Waals surface area contributed by atoms with E-state index in [1.54, 1.807) is 0 Å². The Bertz CT molecular complexity index is 233. The predicted molar refractivity (Wildman–Crippen MR) is 78.9 cm³/mol. The molecule has 106 valence electrons. The monoisotopic (exact) mass is 252 g/mol. The summed E-state index contributed by atoms with van der Waals surface area (Å²) < 4.78 is 0. The molecule has 2 rings (SSSR count). The molecule has 0 aromatic heterocycles. The molecule has 2 nitrogen and oxygen atoms in total. The molecule has 2 unspecified atom stereocenters. The standard InChI is InChI=1S/C16H32N2/c1-13(2)11-18(15-8-4-5-9-15)12-16-14(3)7-6-10-17-16/h13-17H,4-12H2,1-3H3. The van der Waals surface area contributed by atoms with Gasteiger partial charge in [0.2, 0.25) is 0 Å². The first-order valence-corrected chi connectivity index (χ1v) is 8.14. The summed E-state index contributed by atoms with van der Waals surface area (Å²) >= 11 is 0. The van der Waals surface area contributed by atoms with Gasteiger partial charge in [-0.2, -0.15) is 0 Å². The van der Waals surface area contributed by atoms with Crippen LogP contribution in [-0.2, 0) is 0 Å². The third-order valence-electron chi connectivity index (χ3n) is 4.80. The highest BCUT2D eigenvalue weighted by Crippen LogP contribution is 2.26. The summed E-state index contributed by atoms with van der Waals surface area (Å²) in [7, 11) is 0. The molecule has 0 aromatic carbocycles. The average Bonchev–Trinajstić information content (AvgIpc) is 2.84. The zero-order valence-corrected chi connectivity index (χ0v) is 12.6. The smallest absolute Gasteiger partial charge is 0.0220 e. The first-order valence-electron chi connectivity index (χ1n) is 8.14. The van der Waals surface area contributed by atoms with E-state index in [4.69, 9.17) is 0 Å². The van der Waals surface area contributed by atoms with E-state index < -0.39 is 0 Å². The van der Waals surface area contributed by atoms with Crippen molar-refractivity contribution < 1.29 is 0 Å². The Morgan fingerprint density at radius 3 is 2.44 bits per heavy atom. The van der Waals surface area contributed by atoms with Crippen molar-refractivity contribution in [1.82, 2.24) is 10.2 Å². The third kappa shape index (κ3) is 3.96. The average molecular weight is 252 g/mol. The maximum Gasteiger partial charge on any atom is 0.0220 e. The van der Waals surface area contributed by atoms with Crippen LogP contribution >= 0.6 is 0 Å². The van der Waals surface area contributed by atoms with Gasteiger partial charge in [0, 0.05) is 25.2 Å². The highest BCUT2D eigenvalue weighted by Gasteiger charge is 2.28. The maximum atomic E-state index is 3.75. The second-order valence-corrected chi connectivity index (χ2v) is 6.97. The molecule has 0 spiro atoms. The van der Waals surface area contributed by atoms with E-state index in [1.165, 1.54) is 58.2 Å². The zero-order valence-electron chi connectivity index (χ0n) is 12.6. The SMILES string of the molecule is CC(C)CN(CC1NCCCC1C)C1CCCC1. The fourth-order valence-electron chi connectivity index (χ4n) is 3.72. The Morgan fingerprint density at radius 2 is 1.83 bits per heavy atom. The number of nitrogens with one attached hydrogen (secondary N) is 1. The van der Waals surface area contributed by atoms with Crippen molar-refractivity contribution in [3.63, 3.8) is 0 Å². The van der Waals surface area contributed by atoms with Gasteiger partial charge >= 0.3 is 0 Å². The van der Waals surface area contributed by atoms with Crippen molar-refractivity contribution in [1.29, 1.82) is 0 Å². The normalized spacial score (nSPS) is 30.5. The highest BCUT2D eigenvalue weighted by atomic mass is 15.2. The van der Waals surface area contributed by atoms with Crippen LogP contribution in [0.25, 0.3) is 0 Å². The van der Waals surface area contributed by atoms with E-state index in [1.807, 2.05) is 0 Å². The lowest BCUT2D eigenvalue weighted by molar-refractivity contribution is 0.132. The topological polar surface area (TPSA) is 15.3 Å². The molecule has 2 fully saturated rings. The van der Waals surface area contributed by atoms with Gasteiger partial charge in [-0.15, -0.1) is 0 Å². The van der Waals surface area contributed by atoms with Crippen molar-refractivity contribution >= 4 is 0 Å². The van der Waals surface area contributed by atoms with Crippen molar-refractivity contribution in [2.24, 2.45) is 11.8 Å². The third-order valence-corrected chi connectivity index (χ3v) is 4.80. The van der Waals surface area contributed by atoms with Crippen LogP contribution in [-0.4, -0.2) is 36.6 Å². The Labute approximate surface area is 114 Å². The van der Waals surface area contributed by atoms with Gasteiger partial charge in [0.1, 0.15) is 0 Å². The zero-order chi connectivity index (χ0) is 13.0. The molecule has 0 amide bonds. The molecule has 2 aliphatic rings. The largest absolute Gasteiger partial charge is 0.312 e. The van der Waals surface area contributed by atoms with Crippen LogP contribution in [0.5, 0.6) is 0 Å². The molecule has 2 atom stereocenters. The molecular weight excluding hydrogens is 220 g/mol. The van der Waals surface area contributed by atoms with Crippen molar-refractivity contribution in [2.75, 3.05) is 19.6 Å². The van der Waals surface area contributed by atoms with Crippen LogP contribution in [0.2, 0.25) is 0 Å². The Balaban J connectivity index is 1.90. The molecule has 1 heterocycles. The summed E-state index contributed by atoms with van der Waals surface area (Å²) in [6.07, 6.45) is 8.56. The van der Waals surface area contributed by atoms with Crippen LogP contribution in [0, 0.1) is 11.8 Å². The molecule has 1 N–H and O–H groups in total. The van der Waals surface area contributed by atoms with Crippen molar-refractivity contribution in [3.8, 4) is 0 Å². The summed E-state index contributed by atoms with van der Waals surface area (Å²) in [6.45, 7) is 11.0. The molecule has 1 saturated carbocycles. The van der Waals surface area contributed by atoms with E-state index in [-0.39, 0.29) is 0 Å². The number of piperidine rings is 1. The van der Waals surface area contributed by atoms with Crippen LogP contribution in [0.1, 0.15) is 59.3 Å². The Morgan fingerprint density at radius 1 is 1.11 bits per heavy atom. The highest BCUT2D eigenvalue weighted by molar-refractivity contribution is 4.86. The Hall–Kier alpha value is -0.0800. The lowest BCUT2D eigenvalue weighted by Gasteiger charge is -2.38. The fourth-order valence-corrected chi connectivity index (χ4v) is 3.72. The number of hydrogen-bond acceptors (Lipinski definition) is 2. The summed E-state index contributed by atoms with van der Waals surface area (Å²) in [5.41, 5.74) is 0. The number of rotatable bonds is 5.